The quantitative estimate of drug-likeness (QED) is 0.696. The first kappa shape index (κ1) is 15.9. The monoisotopic (exact) mass is 330 g/mol. The van der Waals surface area contributed by atoms with Crippen LogP contribution in [0.5, 0.6) is 0 Å². The molecule has 0 aromatic rings. The third-order valence-electron chi connectivity index (χ3n) is 9.83. The minimum Gasteiger partial charge on any atom is -0.393 e. The molecule has 0 heterocycles. The summed E-state index contributed by atoms with van der Waals surface area (Å²) in [6.07, 6.45) is 14.5. The molecule has 2 heteroatoms. The Kier molecular flexibility index (Phi) is 3.51. The lowest BCUT2D eigenvalue weighted by atomic mass is 9.43. The lowest BCUT2D eigenvalue weighted by Crippen LogP contribution is -2.55. The molecule has 1 spiro atoms. The topological polar surface area (TPSA) is 37.3 Å². The summed E-state index contributed by atoms with van der Waals surface area (Å²) in [7, 11) is 0. The van der Waals surface area contributed by atoms with E-state index in [4.69, 9.17) is 0 Å². The zero-order valence-corrected chi connectivity index (χ0v) is 15.3. The van der Waals surface area contributed by atoms with E-state index in [0.29, 0.717) is 16.6 Å². The molecule has 5 aliphatic rings. The molecule has 0 amide bonds. The van der Waals surface area contributed by atoms with E-state index in [1.54, 1.807) is 0 Å². The van der Waals surface area contributed by atoms with E-state index in [1.807, 2.05) is 0 Å². The number of carbonyl (C=O) groups is 1. The number of hydrogen-bond donors (Lipinski definition) is 1. The van der Waals surface area contributed by atoms with Crippen LogP contribution in [0.15, 0.2) is 0 Å². The van der Waals surface area contributed by atoms with Gasteiger partial charge in [0.1, 0.15) is 5.78 Å². The molecule has 0 aromatic heterocycles. The van der Waals surface area contributed by atoms with Gasteiger partial charge in [0.25, 0.3) is 0 Å². The molecule has 0 bridgehead atoms. The van der Waals surface area contributed by atoms with Crippen LogP contribution >= 0.6 is 0 Å². The van der Waals surface area contributed by atoms with Gasteiger partial charge < -0.3 is 5.11 Å². The predicted octanol–water partition coefficient (Wildman–Crippen LogP) is 4.74. The van der Waals surface area contributed by atoms with Crippen molar-refractivity contribution in [3.05, 3.63) is 0 Å². The molecule has 0 aromatic carbocycles. The zero-order valence-electron chi connectivity index (χ0n) is 15.3. The van der Waals surface area contributed by atoms with Crippen LogP contribution in [-0.2, 0) is 4.79 Å². The van der Waals surface area contributed by atoms with Gasteiger partial charge in [-0.1, -0.05) is 6.92 Å². The van der Waals surface area contributed by atoms with Crippen LogP contribution in [0.2, 0.25) is 0 Å². The standard InChI is InChI=1S/C22H34O2/c1-21-10-8-16(23)12-15(21)3-6-18-19(21)9-11-22-13-17(24)5-2-14(22)4-7-20(18)22/h14-16,18-20,23H,2-13H2,1H3/t14?,15-,16-,18?,19?,20?,21+,22+/m1/s1. The number of hydrogen-bond acceptors (Lipinski definition) is 2. The van der Waals surface area contributed by atoms with E-state index in [9.17, 15) is 9.90 Å². The molecule has 5 fully saturated rings. The molecule has 8 atom stereocenters. The summed E-state index contributed by atoms with van der Waals surface area (Å²) in [6.45, 7) is 2.57. The van der Waals surface area contributed by atoms with E-state index in [1.165, 1.54) is 51.4 Å². The molecule has 5 aliphatic carbocycles. The number of ketones is 1. The number of aliphatic hydroxyl groups is 1. The van der Waals surface area contributed by atoms with Gasteiger partial charge in [0, 0.05) is 12.8 Å². The minimum atomic E-state index is -0.0404. The molecular weight excluding hydrogens is 296 g/mol. The molecule has 0 aliphatic heterocycles. The van der Waals surface area contributed by atoms with Gasteiger partial charge >= 0.3 is 0 Å². The van der Waals surface area contributed by atoms with E-state index in [-0.39, 0.29) is 6.10 Å². The van der Waals surface area contributed by atoms with Gasteiger partial charge in [-0.2, -0.15) is 0 Å². The Balaban J connectivity index is 1.45. The first-order valence-corrected chi connectivity index (χ1v) is 10.7. The number of fused-ring (bicyclic) bond motifs is 4. The van der Waals surface area contributed by atoms with Crippen LogP contribution < -0.4 is 0 Å². The van der Waals surface area contributed by atoms with Crippen molar-refractivity contribution in [3.8, 4) is 0 Å². The van der Waals surface area contributed by atoms with Crippen molar-refractivity contribution in [2.45, 2.75) is 90.1 Å². The summed E-state index contributed by atoms with van der Waals surface area (Å²) in [5.41, 5.74) is 0.883. The minimum absolute atomic E-state index is 0.0404. The first-order chi connectivity index (χ1) is 11.5. The summed E-state index contributed by atoms with van der Waals surface area (Å²) in [6, 6.07) is 0. The third-order valence-corrected chi connectivity index (χ3v) is 9.83. The Bertz CT molecular complexity index is 542. The maximum atomic E-state index is 12.3. The van der Waals surface area contributed by atoms with Gasteiger partial charge in [-0.3, -0.25) is 4.79 Å². The number of rotatable bonds is 0. The second-order valence-electron chi connectivity index (χ2n) is 10.4. The fourth-order valence-electron chi connectivity index (χ4n) is 8.74. The van der Waals surface area contributed by atoms with Crippen LogP contribution in [0.25, 0.3) is 0 Å². The van der Waals surface area contributed by atoms with Crippen LogP contribution in [0.3, 0.4) is 0 Å². The number of carbonyl (C=O) groups excluding carboxylic acids is 1. The van der Waals surface area contributed by atoms with Crippen LogP contribution in [0, 0.1) is 40.4 Å². The summed E-state index contributed by atoms with van der Waals surface area (Å²) >= 11 is 0. The lowest BCUT2D eigenvalue weighted by molar-refractivity contribution is -0.147. The van der Waals surface area contributed by atoms with E-state index < -0.39 is 0 Å². The SMILES string of the molecule is C[C@]12CC[C@@H](O)C[C@H]1CCC1C3CCC4CCC(=O)C[C@@]43CCC12. The van der Waals surface area contributed by atoms with Crippen LogP contribution in [0.4, 0.5) is 0 Å². The Morgan fingerprint density at radius 1 is 0.917 bits per heavy atom. The van der Waals surface area contributed by atoms with Crippen molar-refractivity contribution in [2.24, 2.45) is 40.4 Å². The van der Waals surface area contributed by atoms with Gasteiger partial charge in [0.2, 0.25) is 0 Å². The summed E-state index contributed by atoms with van der Waals surface area (Å²) in [5, 5.41) is 10.2. The summed E-state index contributed by atoms with van der Waals surface area (Å²) in [5.74, 6) is 4.77. The first-order valence-electron chi connectivity index (χ1n) is 10.7. The van der Waals surface area contributed by atoms with Gasteiger partial charge in [-0.15, -0.1) is 0 Å². The molecule has 5 saturated carbocycles. The summed E-state index contributed by atoms with van der Waals surface area (Å²) in [4.78, 5) is 12.3. The molecule has 0 radical (unpaired) electrons. The fraction of sp³-hybridized carbons (Fsp3) is 0.955. The van der Waals surface area contributed by atoms with Crippen LogP contribution in [-0.4, -0.2) is 17.0 Å². The maximum absolute atomic E-state index is 12.3. The second kappa shape index (κ2) is 5.32. The van der Waals surface area contributed by atoms with Crippen molar-refractivity contribution < 1.29 is 9.90 Å². The molecule has 4 unspecified atom stereocenters. The van der Waals surface area contributed by atoms with Crippen molar-refractivity contribution in [1.82, 2.24) is 0 Å². The smallest absolute Gasteiger partial charge is 0.133 e. The highest BCUT2D eigenvalue weighted by Gasteiger charge is 2.62. The average Bonchev–Trinajstić information content (AvgIpc) is 2.94. The van der Waals surface area contributed by atoms with Crippen molar-refractivity contribution in [3.63, 3.8) is 0 Å². The Morgan fingerprint density at radius 2 is 1.75 bits per heavy atom. The summed E-state index contributed by atoms with van der Waals surface area (Å²) < 4.78 is 0. The van der Waals surface area contributed by atoms with E-state index in [2.05, 4.69) is 6.92 Å². The molecule has 0 saturated heterocycles. The maximum Gasteiger partial charge on any atom is 0.133 e. The van der Waals surface area contributed by atoms with E-state index in [0.717, 1.165) is 55.3 Å². The third kappa shape index (κ3) is 2.01. The Labute approximate surface area is 146 Å². The zero-order chi connectivity index (χ0) is 16.5. The van der Waals surface area contributed by atoms with Crippen molar-refractivity contribution in [1.29, 1.82) is 0 Å². The fourth-order valence-corrected chi connectivity index (χ4v) is 8.74. The molecule has 2 nitrogen and oxygen atoms in total. The average molecular weight is 331 g/mol. The van der Waals surface area contributed by atoms with Gasteiger partial charge in [-0.25, -0.2) is 0 Å². The largest absolute Gasteiger partial charge is 0.393 e. The molecular formula is C22H34O2. The predicted molar refractivity (Wildman–Crippen MR) is 94.4 cm³/mol. The highest BCUT2D eigenvalue weighted by Crippen LogP contribution is 2.69. The second-order valence-corrected chi connectivity index (χ2v) is 10.4. The van der Waals surface area contributed by atoms with Gasteiger partial charge in [0.05, 0.1) is 6.10 Å². The highest BCUT2D eigenvalue weighted by molar-refractivity contribution is 5.80. The normalized spacial score (nSPS) is 56.8. The van der Waals surface area contributed by atoms with Crippen LogP contribution in [0.1, 0.15) is 84.0 Å². The Morgan fingerprint density at radius 3 is 2.62 bits per heavy atom. The lowest BCUT2D eigenvalue weighted by Gasteiger charge is -2.62. The van der Waals surface area contributed by atoms with Gasteiger partial charge in [0.15, 0.2) is 0 Å². The highest BCUT2D eigenvalue weighted by atomic mass is 16.3. The van der Waals surface area contributed by atoms with Gasteiger partial charge in [-0.05, 0) is 105 Å². The molecule has 134 valence electrons. The Hall–Kier alpha value is -0.370. The molecule has 5 rings (SSSR count). The molecule has 24 heavy (non-hydrogen) atoms. The van der Waals surface area contributed by atoms with Crippen molar-refractivity contribution >= 4 is 5.78 Å². The number of aliphatic hydroxyl groups excluding tert-OH is 1. The van der Waals surface area contributed by atoms with Crippen molar-refractivity contribution in [2.75, 3.05) is 0 Å². The molecule has 1 N–H and O–H groups in total. The number of Topliss-reactive ketones (excluding diaryl/α,β-unsaturated/α-hetero) is 1. The van der Waals surface area contributed by atoms with E-state index >= 15 is 0 Å².